The summed E-state index contributed by atoms with van der Waals surface area (Å²) < 4.78 is 9.87. The van der Waals surface area contributed by atoms with E-state index in [1.165, 1.54) is 12.2 Å². The number of benzene rings is 2. The first-order valence-electron chi connectivity index (χ1n) is 8.53. The molecule has 0 saturated carbocycles. The van der Waals surface area contributed by atoms with E-state index in [0.717, 1.165) is 22.3 Å². The zero-order valence-corrected chi connectivity index (χ0v) is 15.0. The number of ether oxygens (including phenoxy) is 2. The van der Waals surface area contributed by atoms with E-state index < -0.39 is 0 Å². The fraction of sp³-hybridized carbons (Fsp3) is 0.182. The van der Waals surface area contributed by atoms with Crippen molar-refractivity contribution in [3.63, 3.8) is 0 Å². The summed E-state index contributed by atoms with van der Waals surface area (Å²) in [4.78, 5) is 23.2. The minimum absolute atomic E-state index is 0.340. The molecule has 2 aromatic rings. The Morgan fingerprint density at radius 1 is 0.731 bits per heavy atom. The molecule has 0 aromatic heterocycles. The Bertz CT molecular complexity index is 749. The summed E-state index contributed by atoms with van der Waals surface area (Å²) >= 11 is 0. The zero-order valence-electron chi connectivity index (χ0n) is 15.0. The normalized spacial score (nSPS) is 11.0. The molecule has 0 fully saturated rings. The van der Waals surface area contributed by atoms with Crippen molar-refractivity contribution in [1.82, 2.24) is 0 Å². The Labute approximate surface area is 153 Å². The molecule has 0 saturated heterocycles. The number of carbonyl (C=O) groups is 2. The topological polar surface area (TPSA) is 52.6 Å². The summed E-state index contributed by atoms with van der Waals surface area (Å²) in [6.45, 7) is 4.22. The molecule has 2 aromatic carbocycles. The molecular weight excluding hydrogens is 328 g/mol. The number of rotatable bonds is 7. The van der Waals surface area contributed by atoms with Crippen LogP contribution >= 0.6 is 0 Å². The molecule has 4 nitrogen and oxygen atoms in total. The molecule has 26 heavy (non-hydrogen) atoms. The maximum absolute atomic E-state index is 11.6. The maximum Gasteiger partial charge on any atom is 0.330 e. The minimum Gasteiger partial charge on any atom is -0.463 e. The van der Waals surface area contributed by atoms with Crippen LogP contribution in [0.5, 0.6) is 0 Å². The molecular formula is C22H22O4. The molecule has 0 aliphatic heterocycles. The number of carbonyl (C=O) groups excluding carboxylic acids is 2. The Hall–Kier alpha value is -3.14. The Morgan fingerprint density at radius 2 is 1.12 bits per heavy atom. The predicted octanol–water partition coefficient (Wildman–Crippen LogP) is 4.51. The van der Waals surface area contributed by atoms with Gasteiger partial charge in [-0.15, -0.1) is 0 Å². The molecule has 0 atom stereocenters. The quantitative estimate of drug-likeness (QED) is 0.545. The largest absolute Gasteiger partial charge is 0.463 e. The van der Waals surface area contributed by atoms with Gasteiger partial charge in [0.15, 0.2) is 0 Å². The van der Waals surface area contributed by atoms with Gasteiger partial charge in [-0.1, -0.05) is 48.5 Å². The molecule has 2 rings (SSSR count). The van der Waals surface area contributed by atoms with Crippen LogP contribution in [0.15, 0.2) is 60.7 Å². The van der Waals surface area contributed by atoms with Gasteiger partial charge in [0.05, 0.1) is 13.2 Å². The third-order valence-corrected chi connectivity index (χ3v) is 3.58. The smallest absolute Gasteiger partial charge is 0.330 e. The molecule has 0 bridgehead atoms. The van der Waals surface area contributed by atoms with Crippen molar-refractivity contribution >= 4 is 24.1 Å². The van der Waals surface area contributed by atoms with Gasteiger partial charge in [0.2, 0.25) is 0 Å². The molecule has 0 amide bonds. The lowest BCUT2D eigenvalue weighted by atomic mass is 9.95. The average molecular weight is 350 g/mol. The molecule has 0 aliphatic carbocycles. The fourth-order valence-electron chi connectivity index (χ4n) is 2.47. The Kier molecular flexibility index (Phi) is 7.37. The van der Waals surface area contributed by atoms with Gasteiger partial charge in [-0.05, 0) is 48.3 Å². The van der Waals surface area contributed by atoms with E-state index in [4.69, 9.17) is 9.47 Å². The predicted molar refractivity (Wildman–Crippen MR) is 103 cm³/mol. The van der Waals surface area contributed by atoms with E-state index in [2.05, 4.69) is 0 Å². The third kappa shape index (κ3) is 5.45. The highest BCUT2D eigenvalue weighted by atomic mass is 16.5. The Morgan fingerprint density at radius 3 is 1.50 bits per heavy atom. The van der Waals surface area contributed by atoms with E-state index in [9.17, 15) is 9.59 Å². The van der Waals surface area contributed by atoms with Gasteiger partial charge < -0.3 is 9.47 Å². The van der Waals surface area contributed by atoms with Crippen LogP contribution in [-0.2, 0) is 19.1 Å². The summed E-state index contributed by atoms with van der Waals surface area (Å²) in [6, 6.07) is 15.5. The highest BCUT2D eigenvalue weighted by molar-refractivity contribution is 5.92. The minimum atomic E-state index is -0.377. The molecule has 0 aliphatic rings. The standard InChI is InChI=1S/C22H22O4/c1-3-25-21(23)15-13-17-9-5-7-11-19(17)20-12-8-6-10-18(20)14-16-22(24)26-4-2/h5-16H,3-4H2,1-2H3/b15-13-,16-14-. The summed E-state index contributed by atoms with van der Waals surface area (Å²) in [5.41, 5.74) is 3.68. The van der Waals surface area contributed by atoms with Crippen molar-refractivity contribution in [2.75, 3.05) is 13.2 Å². The van der Waals surface area contributed by atoms with Crippen LogP contribution < -0.4 is 0 Å². The van der Waals surface area contributed by atoms with Crippen LogP contribution in [0.3, 0.4) is 0 Å². The van der Waals surface area contributed by atoms with Crippen molar-refractivity contribution in [1.29, 1.82) is 0 Å². The molecule has 0 radical (unpaired) electrons. The molecule has 0 unspecified atom stereocenters. The average Bonchev–Trinajstić information content (AvgIpc) is 2.66. The van der Waals surface area contributed by atoms with E-state index in [0.29, 0.717) is 13.2 Å². The summed E-state index contributed by atoms with van der Waals surface area (Å²) in [5.74, 6) is -0.754. The number of hydrogen-bond acceptors (Lipinski definition) is 4. The molecule has 134 valence electrons. The first-order chi connectivity index (χ1) is 12.7. The van der Waals surface area contributed by atoms with Crippen molar-refractivity contribution in [3.8, 4) is 11.1 Å². The van der Waals surface area contributed by atoms with Crippen LogP contribution in [0, 0.1) is 0 Å². The first kappa shape index (κ1) is 19.2. The zero-order chi connectivity index (χ0) is 18.8. The highest BCUT2D eigenvalue weighted by Crippen LogP contribution is 2.29. The second-order valence-electron chi connectivity index (χ2n) is 5.35. The van der Waals surface area contributed by atoms with Crippen molar-refractivity contribution in [3.05, 3.63) is 71.8 Å². The van der Waals surface area contributed by atoms with Crippen LogP contribution in [0.25, 0.3) is 23.3 Å². The summed E-state index contributed by atoms with van der Waals surface area (Å²) in [6.07, 6.45) is 6.30. The van der Waals surface area contributed by atoms with Gasteiger partial charge in [-0.25, -0.2) is 9.59 Å². The van der Waals surface area contributed by atoms with Crippen LogP contribution in [-0.4, -0.2) is 25.2 Å². The fourth-order valence-corrected chi connectivity index (χ4v) is 2.47. The Balaban J connectivity index is 2.37. The lowest BCUT2D eigenvalue weighted by Gasteiger charge is -2.10. The maximum atomic E-state index is 11.6. The number of hydrogen-bond donors (Lipinski definition) is 0. The number of esters is 2. The van der Waals surface area contributed by atoms with Crippen molar-refractivity contribution < 1.29 is 19.1 Å². The van der Waals surface area contributed by atoms with Crippen molar-refractivity contribution in [2.45, 2.75) is 13.8 Å². The molecule has 0 spiro atoms. The monoisotopic (exact) mass is 350 g/mol. The first-order valence-corrected chi connectivity index (χ1v) is 8.53. The van der Waals surface area contributed by atoms with Gasteiger partial charge in [0.25, 0.3) is 0 Å². The van der Waals surface area contributed by atoms with Crippen LogP contribution in [0.1, 0.15) is 25.0 Å². The second kappa shape index (κ2) is 9.99. The summed E-state index contributed by atoms with van der Waals surface area (Å²) in [7, 11) is 0. The van der Waals surface area contributed by atoms with Crippen LogP contribution in [0.4, 0.5) is 0 Å². The van der Waals surface area contributed by atoms with Crippen LogP contribution in [0.2, 0.25) is 0 Å². The highest BCUT2D eigenvalue weighted by Gasteiger charge is 2.07. The van der Waals surface area contributed by atoms with E-state index in [1.54, 1.807) is 26.0 Å². The molecule has 4 heteroatoms. The van der Waals surface area contributed by atoms with E-state index in [1.807, 2.05) is 48.5 Å². The van der Waals surface area contributed by atoms with E-state index >= 15 is 0 Å². The molecule has 0 N–H and O–H groups in total. The van der Waals surface area contributed by atoms with E-state index in [-0.39, 0.29) is 11.9 Å². The second-order valence-corrected chi connectivity index (χ2v) is 5.35. The lowest BCUT2D eigenvalue weighted by Crippen LogP contribution is -1.99. The van der Waals surface area contributed by atoms with Gasteiger partial charge in [0, 0.05) is 12.2 Å². The van der Waals surface area contributed by atoms with Crippen molar-refractivity contribution in [2.24, 2.45) is 0 Å². The van der Waals surface area contributed by atoms with Gasteiger partial charge >= 0.3 is 11.9 Å². The lowest BCUT2D eigenvalue weighted by molar-refractivity contribution is -0.138. The van der Waals surface area contributed by atoms with Gasteiger partial charge in [0.1, 0.15) is 0 Å². The summed E-state index contributed by atoms with van der Waals surface area (Å²) in [5, 5.41) is 0. The van der Waals surface area contributed by atoms with Gasteiger partial charge in [-0.2, -0.15) is 0 Å². The molecule has 0 heterocycles. The van der Waals surface area contributed by atoms with Gasteiger partial charge in [-0.3, -0.25) is 0 Å². The third-order valence-electron chi connectivity index (χ3n) is 3.58. The SMILES string of the molecule is CCOC(=O)/C=C\c1ccccc1-c1ccccc1/C=C\C(=O)OCC.